The number of rotatable bonds is 5. The topological polar surface area (TPSA) is 21.3 Å². The van der Waals surface area contributed by atoms with E-state index in [-0.39, 0.29) is 5.41 Å². The molecular weight excluding hydrogens is 222 g/mol. The molecule has 1 aliphatic heterocycles. The smallest absolute Gasteiger partial charge is 0.0585 e. The second-order valence-electron chi connectivity index (χ2n) is 5.73. The molecule has 0 saturated carbocycles. The van der Waals surface area contributed by atoms with E-state index in [1.165, 1.54) is 35.1 Å². The van der Waals surface area contributed by atoms with E-state index in [1.807, 2.05) is 7.05 Å². The molecule has 0 amide bonds. The molecule has 0 aromatic heterocycles. The van der Waals surface area contributed by atoms with Gasteiger partial charge in [0.25, 0.3) is 0 Å². The predicted molar refractivity (Wildman–Crippen MR) is 76.3 cm³/mol. The van der Waals surface area contributed by atoms with Gasteiger partial charge < -0.3 is 10.1 Å². The third-order valence-electron chi connectivity index (χ3n) is 4.25. The van der Waals surface area contributed by atoms with Crippen LogP contribution in [-0.4, -0.2) is 26.8 Å². The standard InChI is InChI=1S/C16H25NO/c1-12-8-14(3)15(9-13(12)2)16(10-18-11-16)6-5-7-17-4/h8-9,17H,5-7,10-11H2,1-4H3. The van der Waals surface area contributed by atoms with Gasteiger partial charge in [0.05, 0.1) is 13.2 Å². The summed E-state index contributed by atoms with van der Waals surface area (Å²) in [4.78, 5) is 0. The summed E-state index contributed by atoms with van der Waals surface area (Å²) in [6.45, 7) is 9.50. The van der Waals surface area contributed by atoms with Gasteiger partial charge in [-0.15, -0.1) is 0 Å². The minimum absolute atomic E-state index is 0.277. The number of hydrogen-bond acceptors (Lipinski definition) is 2. The molecule has 0 radical (unpaired) electrons. The first kappa shape index (κ1) is 13.6. The molecule has 0 spiro atoms. The van der Waals surface area contributed by atoms with E-state index in [9.17, 15) is 0 Å². The average molecular weight is 247 g/mol. The van der Waals surface area contributed by atoms with E-state index in [0.717, 1.165) is 19.8 Å². The highest BCUT2D eigenvalue weighted by atomic mass is 16.5. The third kappa shape index (κ3) is 2.45. The lowest BCUT2D eigenvalue weighted by atomic mass is 9.72. The van der Waals surface area contributed by atoms with Gasteiger partial charge in [0.1, 0.15) is 0 Å². The Kier molecular flexibility index (Phi) is 4.08. The molecule has 1 heterocycles. The summed E-state index contributed by atoms with van der Waals surface area (Å²) in [5.74, 6) is 0. The van der Waals surface area contributed by atoms with Gasteiger partial charge in [-0.05, 0) is 69.5 Å². The molecule has 18 heavy (non-hydrogen) atoms. The normalized spacial score (nSPS) is 17.6. The van der Waals surface area contributed by atoms with Crippen LogP contribution in [-0.2, 0) is 10.2 Å². The summed E-state index contributed by atoms with van der Waals surface area (Å²) in [6, 6.07) is 4.70. The van der Waals surface area contributed by atoms with Crippen LogP contribution < -0.4 is 5.32 Å². The molecule has 1 N–H and O–H groups in total. The summed E-state index contributed by atoms with van der Waals surface area (Å²) in [5, 5.41) is 3.23. The summed E-state index contributed by atoms with van der Waals surface area (Å²) < 4.78 is 5.53. The van der Waals surface area contributed by atoms with Gasteiger partial charge in [0, 0.05) is 5.41 Å². The Balaban J connectivity index is 2.24. The van der Waals surface area contributed by atoms with Gasteiger partial charge in [-0.3, -0.25) is 0 Å². The van der Waals surface area contributed by atoms with Gasteiger partial charge in [0.2, 0.25) is 0 Å². The molecule has 1 aromatic carbocycles. The zero-order valence-corrected chi connectivity index (χ0v) is 12.1. The molecule has 2 heteroatoms. The van der Waals surface area contributed by atoms with Gasteiger partial charge >= 0.3 is 0 Å². The van der Waals surface area contributed by atoms with Crippen LogP contribution in [0.4, 0.5) is 0 Å². The molecule has 1 fully saturated rings. The van der Waals surface area contributed by atoms with Crippen LogP contribution in [0.5, 0.6) is 0 Å². The summed E-state index contributed by atoms with van der Waals surface area (Å²) in [6.07, 6.45) is 2.43. The fraction of sp³-hybridized carbons (Fsp3) is 0.625. The van der Waals surface area contributed by atoms with Crippen molar-refractivity contribution in [2.75, 3.05) is 26.8 Å². The molecular formula is C16H25NO. The highest BCUT2D eigenvalue weighted by molar-refractivity contribution is 5.42. The molecule has 1 aliphatic rings. The van der Waals surface area contributed by atoms with Crippen LogP contribution in [0.2, 0.25) is 0 Å². The lowest BCUT2D eigenvalue weighted by Crippen LogP contribution is -2.47. The Bertz CT molecular complexity index is 421. The van der Waals surface area contributed by atoms with E-state index in [4.69, 9.17) is 4.74 Å². The maximum absolute atomic E-state index is 5.53. The Hall–Kier alpha value is -0.860. The van der Waals surface area contributed by atoms with Crippen LogP contribution in [0.15, 0.2) is 12.1 Å². The van der Waals surface area contributed by atoms with Crippen LogP contribution in [0.1, 0.15) is 35.1 Å². The maximum Gasteiger partial charge on any atom is 0.0585 e. The quantitative estimate of drug-likeness (QED) is 0.808. The van der Waals surface area contributed by atoms with E-state index in [2.05, 4.69) is 38.2 Å². The molecule has 100 valence electrons. The first-order chi connectivity index (χ1) is 8.59. The highest BCUT2D eigenvalue weighted by Crippen LogP contribution is 2.39. The van der Waals surface area contributed by atoms with Crippen molar-refractivity contribution in [1.82, 2.24) is 5.32 Å². The SMILES string of the molecule is CNCCCC1(c2cc(C)c(C)cc2C)COC1. The molecule has 0 atom stereocenters. The van der Waals surface area contributed by atoms with E-state index < -0.39 is 0 Å². The van der Waals surface area contributed by atoms with Crippen molar-refractivity contribution in [2.45, 2.75) is 39.0 Å². The largest absolute Gasteiger partial charge is 0.379 e. The van der Waals surface area contributed by atoms with Crippen molar-refractivity contribution in [3.05, 3.63) is 34.4 Å². The second-order valence-corrected chi connectivity index (χ2v) is 5.73. The second kappa shape index (κ2) is 5.41. The number of aryl methyl sites for hydroxylation is 3. The number of nitrogens with one attached hydrogen (secondary N) is 1. The zero-order valence-electron chi connectivity index (χ0n) is 12.1. The number of hydrogen-bond donors (Lipinski definition) is 1. The fourth-order valence-electron chi connectivity index (χ4n) is 2.92. The molecule has 0 bridgehead atoms. The van der Waals surface area contributed by atoms with Gasteiger partial charge in [-0.2, -0.15) is 0 Å². The number of ether oxygens (including phenoxy) is 1. The Labute approximate surface area is 111 Å². The average Bonchev–Trinajstić information content (AvgIpc) is 2.28. The molecule has 0 aliphatic carbocycles. The van der Waals surface area contributed by atoms with Gasteiger partial charge in [-0.1, -0.05) is 12.1 Å². The highest BCUT2D eigenvalue weighted by Gasteiger charge is 2.40. The van der Waals surface area contributed by atoms with E-state index in [1.54, 1.807) is 0 Å². The van der Waals surface area contributed by atoms with Crippen molar-refractivity contribution in [3.8, 4) is 0 Å². The lowest BCUT2D eigenvalue weighted by molar-refractivity contribution is -0.0653. The van der Waals surface area contributed by atoms with Crippen molar-refractivity contribution in [1.29, 1.82) is 0 Å². The van der Waals surface area contributed by atoms with E-state index >= 15 is 0 Å². The Morgan fingerprint density at radius 2 is 1.78 bits per heavy atom. The first-order valence-electron chi connectivity index (χ1n) is 6.90. The monoisotopic (exact) mass is 247 g/mol. The van der Waals surface area contributed by atoms with Gasteiger partial charge in [-0.25, -0.2) is 0 Å². The van der Waals surface area contributed by atoms with Crippen LogP contribution in [0.25, 0.3) is 0 Å². The van der Waals surface area contributed by atoms with Crippen molar-refractivity contribution in [3.63, 3.8) is 0 Å². The van der Waals surface area contributed by atoms with Crippen LogP contribution in [0, 0.1) is 20.8 Å². The summed E-state index contributed by atoms with van der Waals surface area (Å²) in [7, 11) is 2.02. The summed E-state index contributed by atoms with van der Waals surface area (Å²) >= 11 is 0. The molecule has 2 nitrogen and oxygen atoms in total. The zero-order chi connectivity index (χ0) is 13.2. The van der Waals surface area contributed by atoms with Gasteiger partial charge in [0.15, 0.2) is 0 Å². The minimum atomic E-state index is 0.277. The van der Waals surface area contributed by atoms with Crippen molar-refractivity contribution >= 4 is 0 Å². The molecule has 1 aromatic rings. The molecule has 1 saturated heterocycles. The summed E-state index contributed by atoms with van der Waals surface area (Å²) in [5.41, 5.74) is 6.00. The molecule has 2 rings (SSSR count). The maximum atomic E-state index is 5.53. The Morgan fingerprint density at radius 3 is 2.33 bits per heavy atom. The van der Waals surface area contributed by atoms with Crippen molar-refractivity contribution < 1.29 is 4.74 Å². The molecule has 0 unspecified atom stereocenters. The Morgan fingerprint density at radius 1 is 1.11 bits per heavy atom. The fourth-order valence-corrected chi connectivity index (χ4v) is 2.92. The van der Waals surface area contributed by atoms with Crippen molar-refractivity contribution in [2.24, 2.45) is 0 Å². The lowest BCUT2D eigenvalue weighted by Gasteiger charge is -2.43. The van der Waals surface area contributed by atoms with E-state index in [0.29, 0.717) is 0 Å². The predicted octanol–water partition coefficient (Wildman–Crippen LogP) is 2.88. The third-order valence-corrected chi connectivity index (χ3v) is 4.25. The minimum Gasteiger partial charge on any atom is -0.379 e. The van der Waals surface area contributed by atoms with Crippen LogP contribution >= 0.6 is 0 Å². The van der Waals surface area contributed by atoms with Crippen LogP contribution in [0.3, 0.4) is 0 Å². The number of benzene rings is 1. The first-order valence-corrected chi connectivity index (χ1v) is 6.90.